The molecular weight excluding hydrogens is 512 g/mol. The number of halogens is 2. The van der Waals surface area contributed by atoms with E-state index in [1.807, 2.05) is 22.9 Å². The molecule has 0 atom stereocenters. The number of hydrogen-bond acceptors (Lipinski definition) is 6. The predicted molar refractivity (Wildman–Crippen MR) is 154 cm³/mol. The minimum absolute atomic E-state index is 0.404. The maximum Gasteiger partial charge on any atom is 0.161 e. The first-order valence-electron chi connectivity index (χ1n) is 13.6. The molecule has 40 heavy (non-hydrogen) atoms. The summed E-state index contributed by atoms with van der Waals surface area (Å²) in [5.41, 5.74) is 4.62. The van der Waals surface area contributed by atoms with Gasteiger partial charge in [-0.05, 0) is 73.5 Å². The van der Waals surface area contributed by atoms with Crippen LogP contribution in [0.1, 0.15) is 17.5 Å². The topological polar surface area (TPSA) is 74.2 Å². The Labute approximate surface area is 231 Å². The van der Waals surface area contributed by atoms with E-state index in [-0.39, 0.29) is 0 Å². The molecule has 1 aliphatic heterocycles. The van der Waals surface area contributed by atoms with E-state index in [9.17, 15) is 8.78 Å². The number of rotatable bonds is 9. The number of likely N-dealkylation sites (N-methyl/N-ethyl adjacent to an activating group) is 1. The Morgan fingerprint density at radius 1 is 0.900 bits per heavy atom. The number of anilines is 3. The van der Waals surface area contributed by atoms with Gasteiger partial charge in [-0.1, -0.05) is 6.07 Å². The summed E-state index contributed by atoms with van der Waals surface area (Å²) in [6, 6.07) is 16.0. The summed E-state index contributed by atoms with van der Waals surface area (Å²) >= 11 is 0. The van der Waals surface area contributed by atoms with Crippen molar-refractivity contribution in [2.24, 2.45) is 0 Å². The fourth-order valence-electron chi connectivity index (χ4n) is 5.37. The summed E-state index contributed by atoms with van der Waals surface area (Å²) < 4.78 is 34.8. The number of hydrogen-bond donors (Lipinski definition) is 2. The zero-order chi connectivity index (χ0) is 27.6. The molecular formula is C30H33F2N7O. The molecule has 8 nitrogen and oxygen atoms in total. The number of fused-ring (bicyclic) bond motifs is 2. The van der Waals surface area contributed by atoms with Crippen molar-refractivity contribution in [2.45, 2.75) is 19.4 Å². The zero-order valence-electron chi connectivity index (χ0n) is 22.8. The Kier molecular flexibility index (Phi) is 7.36. The molecule has 2 aromatic heterocycles. The van der Waals surface area contributed by atoms with Crippen molar-refractivity contribution >= 4 is 39.1 Å². The van der Waals surface area contributed by atoms with E-state index in [1.54, 1.807) is 7.11 Å². The molecule has 0 spiro atoms. The van der Waals surface area contributed by atoms with Crippen LogP contribution in [0.15, 0.2) is 54.6 Å². The molecule has 0 bridgehead atoms. The van der Waals surface area contributed by atoms with Crippen LogP contribution in [0.5, 0.6) is 0 Å². The van der Waals surface area contributed by atoms with E-state index in [4.69, 9.17) is 9.84 Å². The van der Waals surface area contributed by atoms with Crippen molar-refractivity contribution in [3.05, 3.63) is 77.4 Å². The average Bonchev–Trinajstić information content (AvgIpc) is 3.49. The van der Waals surface area contributed by atoms with E-state index >= 15 is 0 Å². The number of aromatic nitrogens is 4. The Morgan fingerprint density at radius 2 is 1.70 bits per heavy atom. The maximum atomic E-state index is 13.7. The lowest BCUT2D eigenvalue weighted by Gasteiger charge is -2.34. The van der Waals surface area contributed by atoms with Gasteiger partial charge in [-0.25, -0.2) is 8.78 Å². The standard InChI is InChI=1S/C30H33F2N7O/c1-37-9-11-38(12-10-37)24-5-6-25-28(19-24)39(8-3-13-40-2)36-30(25)33-29-26-17-20(4-7-27(26)34-35-29)14-21-15-22(31)18-23(32)16-21/h4-7,15-19H,3,8-14H2,1-2H3,(H2,33,34,35,36). The summed E-state index contributed by atoms with van der Waals surface area (Å²) in [5.74, 6) is 0.216. The number of methoxy groups -OCH3 is 1. The monoisotopic (exact) mass is 545 g/mol. The lowest BCUT2D eigenvalue weighted by Crippen LogP contribution is -2.44. The molecule has 3 aromatic carbocycles. The molecule has 1 saturated heterocycles. The van der Waals surface area contributed by atoms with Gasteiger partial charge in [0.05, 0.1) is 11.0 Å². The highest BCUT2D eigenvalue weighted by Crippen LogP contribution is 2.32. The van der Waals surface area contributed by atoms with Crippen molar-refractivity contribution in [3.63, 3.8) is 0 Å². The van der Waals surface area contributed by atoms with Crippen LogP contribution in [0.4, 0.5) is 26.1 Å². The third-order valence-corrected chi connectivity index (χ3v) is 7.52. The third-order valence-electron chi connectivity index (χ3n) is 7.52. The molecule has 3 heterocycles. The smallest absolute Gasteiger partial charge is 0.161 e. The molecule has 0 aliphatic carbocycles. The maximum absolute atomic E-state index is 13.7. The predicted octanol–water partition coefficient (Wildman–Crippen LogP) is 5.31. The Morgan fingerprint density at radius 3 is 2.48 bits per heavy atom. The summed E-state index contributed by atoms with van der Waals surface area (Å²) in [6.45, 7) is 5.46. The van der Waals surface area contributed by atoms with Crippen LogP contribution >= 0.6 is 0 Å². The number of nitrogens with one attached hydrogen (secondary N) is 2. The Balaban J connectivity index is 1.31. The van der Waals surface area contributed by atoms with E-state index in [0.29, 0.717) is 24.4 Å². The highest BCUT2D eigenvalue weighted by molar-refractivity contribution is 5.98. The molecule has 10 heteroatoms. The first kappa shape index (κ1) is 26.2. The number of H-pyrrole nitrogens is 1. The first-order valence-corrected chi connectivity index (χ1v) is 13.6. The van der Waals surface area contributed by atoms with Gasteiger partial charge in [0.1, 0.15) is 11.6 Å². The average molecular weight is 546 g/mol. The van der Waals surface area contributed by atoms with Gasteiger partial charge in [-0.3, -0.25) is 9.78 Å². The largest absolute Gasteiger partial charge is 0.385 e. The second-order valence-electron chi connectivity index (χ2n) is 10.4. The van der Waals surface area contributed by atoms with Gasteiger partial charge in [0.25, 0.3) is 0 Å². The summed E-state index contributed by atoms with van der Waals surface area (Å²) in [5, 5.41) is 17.9. The molecule has 0 amide bonds. The van der Waals surface area contributed by atoms with Gasteiger partial charge >= 0.3 is 0 Å². The van der Waals surface area contributed by atoms with E-state index in [0.717, 1.165) is 78.4 Å². The molecule has 0 unspecified atom stereocenters. The fourth-order valence-corrected chi connectivity index (χ4v) is 5.37. The van der Waals surface area contributed by atoms with Crippen LogP contribution in [-0.2, 0) is 17.7 Å². The SMILES string of the molecule is COCCCn1nc(Nc2n[nH]c3ccc(Cc4cc(F)cc(F)c4)cc23)c2ccc(N3CCN(C)CC3)cc21. The first-order chi connectivity index (χ1) is 19.5. The molecule has 0 saturated carbocycles. The van der Waals surface area contributed by atoms with Gasteiger partial charge in [0.15, 0.2) is 11.6 Å². The molecule has 6 rings (SSSR count). The quantitative estimate of drug-likeness (QED) is 0.245. The van der Waals surface area contributed by atoms with E-state index < -0.39 is 11.6 Å². The second kappa shape index (κ2) is 11.2. The summed E-state index contributed by atoms with van der Waals surface area (Å²) in [4.78, 5) is 4.77. The number of aryl methyl sites for hydroxylation is 1. The summed E-state index contributed by atoms with van der Waals surface area (Å²) in [7, 11) is 3.87. The molecule has 5 aromatic rings. The lowest BCUT2D eigenvalue weighted by molar-refractivity contribution is 0.189. The van der Waals surface area contributed by atoms with Crippen LogP contribution in [-0.4, -0.2) is 71.8 Å². The van der Waals surface area contributed by atoms with Gasteiger partial charge in [0, 0.05) is 69.0 Å². The van der Waals surface area contributed by atoms with Crippen LogP contribution < -0.4 is 10.2 Å². The highest BCUT2D eigenvalue weighted by Gasteiger charge is 2.18. The number of aromatic amines is 1. The van der Waals surface area contributed by atoms with Crippen molar-refractivity contribution in [1.82, 2.24) is 24.9 Å². The Bertz CT molecular complexity index is 1620. The lowest BCUT2D eigenvalue weighted by atomic mass is 10.0. The second-order valence-corrected chi connectivity index (χ2v) is 10.4. The van der Waals surface area contributed by atoms with Crippen molar-refractivity contribution in [2.75, 3.05) is 57.2 Å². The van der Waals surface area contributed by atoms with Crippen LogP contribution in [0.3, 0.4) is 0 Å². The van der Waals surface area contributed by atoms with Crippen LogP contribution in [0.25, 0.3) is 21.8 Å². The zero-order valence-corrected chi connectivity index (χ0v) is 22.8. The van der Waals surface area contributed by atoms with Gasteiger partial charge in [-0.15, -0.1) is 0 Å². The molecule has 1 aliphatic rings. The Hall–Kier alpha value is -4.02. The van der Waals surface area contributed by atoms with Gasteiger partial charge in [0.2, 0.25) is 0 Å². The summed E-state index contributed by atoms with van der Waals surface area (Å²) in [6.07, 6.45) is 1.25. The molecule has 1 fully saturated rings. The molecule has 208 valence electrons. The highest BCUT2D eigenvalue weighted by atomic mass is 19.1. The minimum atomic E-state index is -0.578. The molecule has 0 radical (unpaired) electrons. The van der Waals surface area contributed by atoms with Crippen LogP contribution in [0.2, 0.25) is 0 Å². The number of piperazine rings is 1. The van der Waals surface area contributed by atoms with E-state index in [2.05, 4.69) is 50.6 Å². The van der Waals surface area contributed by atoms with Crippen molar-refractivity contribution in [1.29, 1.82) is 0 Å². The normalized spacial score (nSPS) is 14.4. The van der Waals surface area contributed by atoms with Crippen molar-refractivity contribution in [3.8, 4) is 0 Å². The van der Waals surface area contributed by atoms with Gasteiger partial charge < -0.3 is 19.9 Å². The number of ether oxygens (including phenoxy) is 1. The van der Waals surface area contributed by atoms with E-state index in [1.165, 1.54) is 17.8 Å². The number of benzene rings is 3. The van der Waals surface area contributed by atoms with Gasteiger partial charge in [-0.2, -0.15) is 10.2 Å². The minimum Gasteiger partial charge on any atom is -0.385 e. The molecule has 2 N–H and O–H groups in total. The fraction of sp³-hybridized carbons (Fsp3) is 0.333. The van der Waals surface area contributed by atoms with Crippen LogP contribution in [0, 0.1) is 11.6 Å². The third kappa shape index (κ3) is 5.50. The number of nitrogens with zero attached hydrogens (tertiary/aromatic N) is 5. The van der Waals surface area contributed by atoms with Crippen molar-refractivity contribution < 1.29 is 13.5 Å².